The zero-order chi connectivity index (χ0) is 14.4. The molecule has 3 N–H and O–H groups in total. The van der Waals surface area contributed by atoms with Crippen LogP contribution in [0.4, 0.5) is 9.93 Å². The highest BCUT2D eigenvalue weighted by atomic mass is 32.1. The number of anilines is 1. The van der Waals surface area contributed by atoms with Crippen LogP contribution in [0.5, 0.6) is 0 Å². The van der Waals surface area contributed by atoms with E-state index in [2.05, 4.69) is 27.8 Å². The molecule has 1 aromatic heterocycles. The van der Waals surface area contributed by atoms with E-state index in [-0.39, 0.29) is 6.03 Å². The Hall–Kier alpha value is -1.21. The largest absolute Gasteiger partial charge is 0.388 e. The topological polar surface area (TPSA) is 87.1 Å². The fourth-order valence-electron chi connectivity index (χ4n) is 2.08. The van der Waals surface area contributed by atoms with Crippen molar-refractivity contribution in [3.63, 3.8) is 0 Å². The van der Waals surface area contributed by atoms with E-state index >= 15 is 0 Å². The maximum atomic E-state index is 11.7. The molecule has 0 unspecified atom stereocenters. The van der Waals surface area contributed by atoms with Gasteiger partial charge < -0.3 is 10.4 Å². The molecular formula is C13H22N4O2S. The molecule has 7 heteroatoms. The van der Waals surface area contributed by atoms with Gasteiger partial charge >= 0.3 is 6.03 Å². The molecule has 0 aliphatic heterocycles. The van der Waals surface area contributed by atoms with Crippen molar-refractivity contribution in [2.75, 3.05) is 11.9 Å². The smallest absolute Gasteiger partial charge is 0.321 e. The number of amides is 2. The second kappa shape index (κ2) is 6.99. The van der Waals surface area contributed by atoms with Crippen LogP contribution in [-0.2, 0) is 6.42 Å². The lowest BCUT2D eigenvalue weighted by Gasteiger charge is -2.36. The Bertz CT molecular complexity index is 445. The number of urea groups is 1. The number of aryl methyl sites for hydroxylation is 1. The summed E-state index contributed by atoms with van der Waals surface area (Å²) in [5, 5.41) is 24.7. The van der Waals surface area contributed by atoms with Gasteiger partial charge in [-0.3, -0.25) is 5.32 Å². The Morgan fingerprint density at radius 2 is 2.20 bits per heavy atom. The molecule has 0 radical (unpaired) electrons. The minimum absolute atomic E-state index is 0.293. The number of unbranched alkanes of at least 4 members (excludes halogenated alkanes) is 2. The number of aromatic nitrogens is 2. The van der Waals surface area contributed by atoms with Gasteiger partial charge in [0.15, 0.2) is 0 Å². The first-order chi connectivity index (χ1) is 9.61. The van der Waals surface area contributed by atoms with Gasteiger partial charge in [0, 0.05) is 13.0 Å². The van der Waals surface area contributed by atoms with Crippen LogP contribution in [0.25, 0.3) is 0 Å². The van der Waals surface area contributed by atoms with Crippen molar-refractivity contribution >= 4 is 22.5 Å². The average molecular weight is 298 g/mol. The van der Waals surface area contributed by atoms with E-state index in [0.717, 1.165) is 37.1 Å². The van der Waals surface area contributed by atoms with Crippen LogP contribution in [-0.4, -0.2) is 33.5 Å². The van der Waals surface area contributed by atoms with Crippen molar-refractivity contribution in [1.29, 1.82) is 0 Å². The van der Waals surface area contributed by atoms with E-state index in [1.807, 2.05) is 0 Å². The Balaban J connectivity index is 1.70. The maximum absolute atomic E-state index is 11.7. The molecular weight excluding hydrogens is 276 g/mol. The van der Waals surface area contributed by atoms with Gasteiger partial charge in [-0.15, -0.1) is 10.2 Å². The number of carbonyl (C=O) groups is 1. The van der Waals surface area contributed by atoms with Gasteiger partial charge in [-0.1, -0.05) is 31.1 Å². The van der Waals surface area contributed by atoms with Gasteiger partial charge in [-0.25, -0.2) is 4.79 Å². The molecule has 112 valence electrons. The van der Waals surface area contributed by atoms with Crippen LogP contribution < -0.4 is 10.6 Å². The summed E-state index contributed by atoms with van der Waals surface area (Å²) < 4.78 is 0. The van der Waals surface area contributed by atoms with E-state index in [9.17, 15) is 9.90 Å². The van der Waals surface area contributed by atoms with E-state index in [1.165, 1.54) is 24.2 Å². The molecule has 1 aliphatic carbocycles. The van der Waals surface area contributed by atoms with Crippen molar-refractivity contribution in [2.24, 2.45) is 0 Å². The Labute approximate surface area is 123 Å². The van der Waals surface area contributed by atoms with Gasteiger partial charge in [0.1, 0.15) is 5.01 Å². The lowest BCUT2D eigenvalue weighted by molar-refractivity contribution is -0.0287. The summed E-state index contributed by atoms with van der Waals surface area (Å²) in [6.45, 7) is 2.45. The van der Waals surface area contributed by atoms with Crippen molar-refractivity contribution in [1.82, 2.24) is 15.5 Å². The average Bonchev–Trinajstić information content (AvgIpc) is 2.82. The normalized spacial score (nSPS) is 16.5. The van der Waals surface area contributed by atoms with Gasteiger partial charge in [-0.2, -0.15) is 0 Å². The fourth-order valence-corrected chi connectivity index (χ4v) is 2.86. The van der Waals surface area contributed by atoms with E-state index in [4.69, 9.17) is 0 Å². The van der Waals surface area contributed by atoms with Gasteiger partial charge in [0.2, 0.25) is 5.13 Å². The molecule has 6 nitrogen and oxygen atoms in total. The number of hydrogen-bond acceptors (Lipinski definition) is 5. The molecule has 1 saturated carbocycles. The third kappa shape index (κ3) is 4.42. The predicted molar refractivity (Wildman–Crippen MR) is 79.0 cm³/mol. The van der Waals surface area contributed by atoms with Crippen LogP contribution in [0.15, 0.2) is 0 Å². The summed E-state index contributed by atoms with van der Waals surface area (Å²) in [6.07, 6.45) is 6.91. The minimum Gasteiger partial charge on any atom is -0.388 e. The number of nitrogens with one attached hydrogen (secondary N) is 2. The van der Waals surface area contributed by atoms with Crippen LogP contribution in [0.2, 0.25) is 0 Å². The molecule has 0 saturated heterocycles. The van der Waals surface area contributed by atoms with Crippen LogP contribution in [0, 0.1) is 0 Å². The highest BCUT2D eigenvalue weighted by Crippen LogP contribution is 2.30. The van der Waals surface area contributed by atoms with Crippen molar-refractivity contribution in [3.8, 4) is 0 Å². The van der Waals surface area contributed by atoms with Crippen LogP contribution in [0.1, 0.15) is 50.5 Å². The first-order valence-electron chi connectivity index (χ1n) is 7.21. The Morgan fingerprint density at radius 3 is 2.85 bits per heavy atom. The SMILES string of the molecule is CCCCCc1nnc(NC(=O)NCC2(O)CCC2)s1. The molecule has 2 amide bonds. The number of rotatable bonds is 7. The van der Waals surface area contributed by atoms with Crippen molar-refractivity contribution in [2.45, 2.75) is 57.5 Å². The Morgan fingerprint density at radius 1 is 1.40 bits per heavy atom. The molecule has 1 heterocycles. The van der Waals surface area contributed by atoms with Gasteiger partial charge in [-0.05, 0) is 25.7 Å². The summed E-state index contributed by atoms with van der Waals surface area (Å²) in [5.74, 6) is 0. The van der Waals surface area contributed by atoms with Crippen molar-refractivity contribution in [3.05, 3.63) is 5.01 Å². The lowest BCUT2D eigenvalue weighted by Crippen LogP contribution is -2.48. The summed E-state index contributed by atoms with van der Waals surface area (Å²) >= 11 is 1.41. The third-order valence-electron chi connectivity index (χ3n) is 3.54. The van der Waals surface area contributed by atoms with Gasteiger partial charge in [0.05, 0.1) is 5.60 Å². The number of carbonyl (C=O) groups excluding carboxylic acids is 1. The summed E-state index contributed by atoms with van der Waals surface area (Å²) in [7, 11) is 0. The third-order valence-corrected chi connectivity index (χ3v) is 4.44. The second-order valence-electron chi connectivity index (χ2n) is 5.34. The molecule has 0 spiro atoms. The number of hydrogen-bond donors (Lipinski definition) is 3. The van der Waals surface area contributed by atoms with Gasteiger partial charge in [0.25, 0.3) is 0 Å². The standard InChI is InChI=1S/C13H22N4O2S/c1-2-3-4-6-10-16-17-12(20-10)15-11(18)14-9-13(19)7-5-8-13/h19H,2-9H2,1H3,(H2,14,15,17,18). The molecule has 0 aromatic carbocycles. The molecule has 2 rings (SSSR count). The highest BCUT2D eigenvalue weighted by molar-refractivity contribution is 7.15. The second-order valence-corrected chi connectivity index (χ2v) is 6.41. The quantitative estimate of drug-likeness (QED) is 0.674. The van der Waals surface area contributed by atoms with E-state index in [1.54, 1.807) is 0 Å². The molecule has 20 heavy (non-hydrogen) atoms. The molecule has 1 aliphatic rings. The zero-order valence-electron chi connectivity index (χ0n) is 11.8. The predicted octanol–water partition coefficient (Wildman–Crippen LogP) is 2.31. The zero-order valence-corrected chi connectivity index (χ0v) is 12.6. The van der Waals surface area contributed by atoms with E-state index < -0.39 is 5.60 Å². The molecule has 1 aromatic rings. The number of aliphatic hydroxyl groups is 1. The lowest BCUT2D eigenvalue weighted by atomic mass is 9.80. The minimum atomic E-state index is -0.705. The summed E-state index contributed by atoms with van der Waals surface area (Å²) in [5.41, 5.74) is -0.705. The first-order valence-corrected chi connectivity index (χ1v) is 8.02. The van der Waals surface area contributed by atoms with E-state index in [0.29, 0.717) is 11.7 Å². The van der Waals surface area contributed by atoms with Crippen LogP contribution in [0.3, 0.4) is 0 Å². The molecule has 1 fully saturated rings. The van der Waals surface area contributed by atoms with Crippen molar-refractivity contribution < 1.29 is 9.90 Å². The molecule has 0 bridgehead atoms. The molecule has 0 atom stereocenters. The highest BCUT2D eigenvalue weighted by Gasteiger charge is 2.34. The summed E-state index contributed by atoms with van der Waals surface area (Å²) in [4.78, 5) is 11.7. The number of nitrogens with zero attached hydrogens (tertiary/aromatic N) is 2. The Kier molecular flexibility index (Phi) is 5.31. The monoisotopic (exact) mass is 298 g/mol. The first kappa shape index (κ1) is 15.2. The van der Waals surface area contributed by atoms with Crippen LogP contribution >= 0.6 is 11.3 Å². The maximum Gasteiger partial charge on any atom is 0.321 e. The fraction of sp³-hybridized carbons (Fsp3) is 0.769. The summed E-state index contributed by atoms with van der Waals surface area (Å²) in [6, 6.07) is -0.332.